The number of urea groups is 1. The van der Waals surface area contributed by atoms with Crippen LogP contribution >= 0.6 is 0 Å². The third-order valence-electron chi connectivity index (χ3n) is 3.19. The van der Waals surface area contributed by atoms with Crippen LogP contribution in [-0.4, -0.2) is 38.0 Å². The molecule has 4 amide bonds. The summed E-state index contributed by atoms with van der Waals surface area (Å²) in [5.74, 6) is -0.284. The van der Waals surface area contributed by atoms with Gasteiger partial charge >= 0.3 is 6.03 Å². The van der Waals surface area contributed by atoms with Crippen LogP contribution in [-0.2, 0) is 9.59 Å². The van der Waals surface area contributed by atoms with Crippen LogP contribution < -0.4 is 20.9 Å². The number of nitrogens with zero attached hydrogens (tertiary/aromatic N) is 1. The zero-order valence-corrected chi connectivity index (χ0v) is 11.8. The number of imide groups is 1. The number of benzene rings is 1. The average Bonchev–Trinajstić information content (AvgIpc) is 2.91. The molecule has 0 radical (unpaired) electrons. The fourth-order valence-corrected chi connectivity index (χ4v) is 2.10. The second-order valence-electron chi connectivity index (χ2n) is 4.68. The lowest BCUT2D eigenvalue weighted by Gasteiger charge is -2.16. The molecule has 1 fully saturated rings. The van der Waals surface area contributed by atoms with E-state index in [0.717, 1.165) is 24.3 Å². The standard InChI is InChI=1S/C14H18N4O3/c1-15-14(21)17-12(19)9-16-10-4-6-11(7-5-10)18-8-2-3-13(18)20/h4-7,16H,2-3,8-9H2,1H3,(H2,15,17,19,21). The van der Waals surface area contributed by atoms with E-state index in [0.29, 0.717) is 6.42 Å². The zero-order valence-electron chi connectivity index (χ0n) is 11.8. The summed E-state index contributed by atoms with van der Waals surface area (Å²) in [5.41, 5.74) is 1.61. The fourth-order valence-electron chi connectivity index (χ4n) is 2.10. The van der Waals surface area contributed by atoms with Crippen molar-refractivity contribution in [2.45, 2.75) is 12.8 Å². The van der Waals surface area contributed by atoms with Gasteiger partial charge in [0.1, 0.15) is 0 Å². The Morgan fingerprint density at radius 3 is 2.52 bits per heavy atom. The summed E-state index contributed by atoms with van der Waals surface area (Å²) in [6, 6.07) is 6.73. The van der Waals surface area contributed by atoms with Crippen molar-refractivity contribution < 1.29 is 14.4 Å². The van der Waals surface area contributed by atoms with Crippen molar-refractivity contribution in [3.05, 3.63) is 24.3 Å². The van der Waals surface area contributed by atoms with Gasteiger partial charge in [0, 0.05) is 31.4 Å². The number of anilines is 2. The van der Waals surface area contributed by atoms with E-state index in [1.165, 1.54) is 7.05 Å². The SMILES string of the molecule is CNC(=O)NC(=O)CNc1ccc(N2CCCC2=O)cc1. The summed E-state index contributed by atoms with van der Waals surface area (Å²) < 4.78 is 0. The van der Waals surface area contributed by atoms with Gasteiger partial charge in [0.2, 0.25) is 11.8 Å². The second-order valence-corrected chi connectivity index (χ2v) is 4.68. The Morgan fingerprint density at radius 2 is 1.95 bits per heavy atom. The average molecular weight is 290 g/mol. The Morgan fingerprint density at radius 1 is 1.24 bits per heavy atom. The van der Waals surface area contributed by atoms with Gasteiger partial charge in [0.15, 0.2) is 0 Å². The first-order valence-electron chi connectivity index (χ1n) is 6.76. The van der Waals surface area contributed by atoms with E-state index in [-0.39, 0.29) is 12.5 Å². The minimum atomic E-state index is -0.537. The number of carbonyl (C=O) groups excluding carboxylic acids is 3. The maximum atomic E-state index is 11.6. The van der Waals surface area contributed by atoms with Gasteiger partial charge in [0.05, 0.1) is 6.54 Å². The molecule has 2 rings (SSSR count). The first kappa shape index (κ1) is 14.8. The predicted octanol–water partition coefficient (Wildman–Crippen LogP) is 0.681. The molecule has 0 saturated carbocycles. The van der Waals surface area contributed by atoms with Gasteiger partial charge in [-0.15, -0.1) is 0 Å². The molecule has 21 heavy (non-hydrogen) atoms. The van der Waals surface area contributed by atoms with E-state index in [1.807, 2.05) is 12.1 Å². The summed E-state index contributed by atoms with van der Waals surface area (Å²) in [4.78, 5) is 35.7. The number of rotatable bonds is 4. The van der Waals surface area contributed by atoms with E-state index in [2.05, 4.69) is 16.0 Å². The molecule has 1 aromatic rings. The topological polar surface area (TPSA) is 90.5 Å². The minimum absolute atomic E-state index is 0.00455. The van der Waals surface area contributed by atoms with Gasteiger partial charge in [-0.1, -0.05) is 0 Å². The van der Waals surface area contributed by atoms with Gasteiger partial charge in [-0.05, 0) is 30.7 Å². The van der Waals surface area contributed by atoms with Crippen LogP contribution in [0.5, 0.6) is 0 Å². The maximum Gasteiger partial charge on any atom is 0.321 e. The van der Waals surface area contributed by atoms with E-state index in [4.69, 9.17) is 0 Å². The Kier molecular flexibility index (Phi) is 4.76. The first-order chi connectivity index (χ1) is 10.1. The van der Waals surface area contributed by atoms with Gasteiger partial charge in [-0.2, -0.15) is 0 Å². The highest BCUT2D eigenvalue weighted by atomic mass is 16.2. The van der Waals surface area contributed by atoms with Crippen molar-refractivity contribution in [1.29, 1.82) is 0 Å². The summed E-state index contributed by atoms with van der Waals surface area (Å²) in [5, 5.41) is 7.37. The number of hydrogen-bond donors (Lipinski definition) is 3. The highest BCUT2D eigenvalue weighted by Gasteiger charge is 2.21. The molecule has 0 aliphatic carbocycles. The quantitative estimate of drug-likeness (QED) is 0.760. The Hall–Kier alpha value is -2.57. The van der Waals surface area contributed by atoms with Crippen LogP contribution in [0.1, 0.15) is 12.8 Å². The largest absolute Gasteiger partial charge is 0.376 e. The van der Waals surface area contributed by atoms with E-state index >= 15 is 0 Å². The molecule has 0 spiro atoms. The number of amides is 4. The summed E-state index contributed by atoms with van der Waals surface area (Å²) in [7, 11) is 1.44. The monoisotopic (exact) mass is 290 g/mol. The summed E-state index contributed by atoms with van der Waals surface area (Å²) >= 11 is 0. The molecular weight excluding hydrogens is 272 g/mol. The molecule has 7 heteroatoms. The third-order valence-corrected chi connectivity index (χ3v) is 3.19. The molecule has 1 aliphatic rings. The fraction of sp³-hybridized carbons (Fsp3) is 0.357. The Labute approximate surface area is 122 Å². The van der Waals surface area contributed by atoms with Crippen LogP contribution in [0, 0.1) is 0 Å². The molecule has 1 heterocycles. The second kappa shape index (κ2) is 6.74. The first-order valence-corrected chi connectivity index (χ1v) is 6.76. The number of carbonyl (C=O) groups is 3. The van der Waals surface area contributed by atoms with E-state index < -0.39 is 11.9 Å². The smallest absolute Gasteiger partial charge is 0.321 e. The van der Waals surface area contributed by atoms with Crippen molar-refractivity contribution in [3.8, 4) is 0 Å². The van der Waals surface area contributed by atoms with Crippen LogP contribution in [0.15, 0.2) is 24.3 Å². The molecule has 1 aromatic carbocycles. The van der Waals surface area contributed by atoms with Crippen molar-refractivity contribution in [2.24, 2.45) is 0 Å². The lowest BCUT2D eigenvalue weighted by molar-refractivity contribution is -0.118. The molecule has 0 unspecified atom stereocenters. The lowest BCUT2D eigenvalue weighted by atomic mass is 10.2. The molecule has 1 aliphatic heterocycles. The Bertz CT molecular complexity index is 542. The maximum absolute atomic E-state index is 11.6. The number of hydrogen-bond acceptors (Lipinski definition) is 4. The summed E-state index contributed by atoms with van der Waals surface area (Å²) in [6.07, 6.45) is 1.48. The van der Waals surface area contributed by atoms with Crippen LogP contribution in [0.2, 0.25) is 0 Å². The molecule has 7 nitrogen and oxygen atoms in total. The molecule has 3 N–H and O–H groups in total. The molecular formula is C14H18N4O3. The zero-order chi connectivity index (χ0) is 15.2. The van der Waals surface area contributed by atoms with E-state index in [9.17, 15) is 14.4 Å². The Balaban J connectivity index is 1.86. The van der Waals surface area contributed by atoms with Crippen molar-refractivity contribution in [2.75, 3.05) is 30.4 Å². The molecule has 0 atom stereocenters. The van der Waals surface area contributed by atoms with Crippen molar-refractivity contribution in [1.82, 2.24) is 10.6 Å². The predicted molar refractivity (Wildman–Crippen MR) is 79.1 cm³/mol. The number of nitrogens with one attached hydrogen (secondary N) is 3. The highest BCUT2D eigenvalue weighted by molar-refractivity contribution is 5.96. The van der Waals surface area contributed by atoms with Gasteiger partial charge in [-0.3, -0.25) is 14.9 Å². The minimum Gasteiger partial charge on any atom is -0.376 e. The summed E-state index contributed by atoms with van der Waals surface area (Å²) in [6.45, 7) is 0.746. The van der Waals surface area contributed by atoms with Gasteiger partial charge < -0.3 is 15.5 Å². The van der Waals surface area contributed by atoms with Crippen LogP contribution in [0.4, 0.5) is 16.2 Å². The van der Waals surface area contributed by atoms with E-state index in [1.54, 1.807) is 17.0 Å². The molecule has 112 valence electrons. The normalized spacial score (nSPS) is 14.0. The van der Waals surface area contributed by atoms with Crippen LogP contribution in [0.25, 0.3) is 0 Å². The van der Waals surface area contributed by atoms with Gasteiger partial charge in [-0.25, -0.2) is 4.79 Å². The third kappa shape index (κ3) is 3.95. The molecule has 0 aromatic heterocycles. The lowest BCUT2D eigenvalue weighted by Crippen LogP contribution is -2.40. The highest BCUT2D eigenvalue weighted by Crippen LogP contribution is 2.22. The van der Waals surface area contributed by atoms with Crippen molar-refractivity contribution in [3.63, 3.8) is 0 Å². The molecule has 1 saturated heterocycles. The van der Waals surface area contributed by atoms with Gasteiger partial charge in [0.25, 0.3) is 0 Å². The van der Waals surface area contributed by atoms with Crippen LogP contribution in [0.3, 0.4) is 0 Å². The molecule has 0 bridgehead atoms. The van der Waals surface area contributed by atoms with Crippen molar-refractivity contribution >= 4 is 29.2 Å².